The summed E-state index contributed by atoms with van der Waals surface area (Å²) in [5.41, 5.74) is 1.06. The summed E-state index contributed by atoms with van der Waals surface area (Å²) in [7, 11) is 0. The normalized spacial score (nSPS) is 9.45. The second-order valence-corrected chi connectivity index (χ2v) is 6.77. The number of nitrogens with zero attached hydrogens (tertiary/aromatic N) is 4. The van der Waals surface area contributed by atoms with Crippen LogP contribution in [0.15, 0.2) is 48.9 Å². The lowest BCUT2D eigenvalue weighted by atomic mass is 10.1. The highest BCUT2D eigenvalue weighted by molar-refractivity contribution is 6.33. The number of nitriles is 2. The molecule has 31 heavy (non-hydrogen) atoms. The van der Waals surface area contributed by atoms with Gasteiger partial charge in [0.2, 0.25) is 0 Å². The van der Waals surface area contributed by atoms with Crippen LogP contribution in [0, 0.1) is 22.7 Å². The summed E-state index contributed by atoms with van der Waals surface area (Å²) >= 11 is 17.2. The van der Waals surface area contributed by atoms with E-state index in [1.54, 1.807) is 6.07 Å². The topological polar surface area (TPSA) is 140 Å². The second-order valence-electron chi connectivity index (χ2n) is 5.60. The van der Waals surface area contributed by atoms with E-state index < -0.39 is 11.9 Å². The molecule has 0 aliphatic carbocycles. The van der Waals surface area contributed by atoms with Crippen molar-refractivity contribution in [1.82, 2.24) is 9.97 Å². The summed E-state index contributed by atoms with van der Waals surface area (Å²) in [5, 5.41) is 29.1. The van der Waals surface area contributed by atoms with Crippen molar-refractivity contribution in [2.75, 3.05) is 5.32 Å². The molecule has 1 amide bonds. The molecule has 0 aliphatic rings. The van der Waals surface area contributed by atoms with Crippen molar-refractivity contribution in [3.8, 4) is 12.1 Å². The molecule has 2 N–H and O–H groups in total. The van der Waals surface area contributed by atoms with Crippen LogP contribution in [-0.4, -0.2) is 27.0 Å². The molecule has 0 saturated carbocycles. The molecular formula is C20H10Cl3N5O3. The Morgan fingerprint density at radius 3 is 2.00 bits per heavy atom. The molecule has 0 bridgehead atoms. The predicted octanol–water partition coefficient (Wildman–Crippen LogP) is 4.82. The van der Waals surface area contributed by atoms with Crippen LogP contribution in [0.3, 0.4) is 0 Å². The average molecular weight is 475 g/mol. The fourth-order valence-corrected chi connectivity index (χ4v) is 2.55. The number of carboxylic acids is 1. The molecule has 0 radical (unpaired) electrons. The number of aromatic carboxylic acids is 1. The molecule has 11 heteroatoms. The van der Waals surface area contributed by atoms with E-state index in [4.69, 9.17) is 50.4 Å². The van der Waals surface area contributed by atoms with Crippen LogP contribution >= 0.6 is 34.8 Å². The summed E-state index contributed by atoms with van der Waals surface area (Å²) in [4.78, 5) is 29.9. The van der Waals surface area contributed by atoms with Crippen molar-refractivity contribution in [2.45, 2.75) is 0 Å². The number of halogens is 3. The van der Waals surface area contributed by atoms with Gasteiger partial charge in [-0.2, -0.15) is 10.5 Å². The molecule has 3 aromatic rings. The summed E-state index contributed by atoms with van der Waals surface area (Å²) < 4.78 is 0. The van der Waals surface area contributed by atoms with E-state index in [1.165, 1.54) is 48.9 Å². The lowest BCUT2D eigenvalue weighted by Gasteiger charge is -2.06. The van der Waals surface area contributed by atoms with E-state index in [0.29, 0.717) is 16.3 Å². The number of carbonyl (C=O) groups excluding carboxylic acids is 1. The van der Waals surface area contributed by atoms with Crippen LogP contribution in [0.2, 0.25) is 15.2 Å². The van der Waals surface area contributed by atoms with Crippen LogP contribution in [-0.2, 0) is 0 Å². The molecule has 0 saturated heterocycles. The van der Waals surface area contributed by atoms with Gasteiger partial charge in [0.25, 0.3) is 5.91 Å². The Labute approximate surface area is 191 Å². The van der Waals surface area contributed by atoms with Gasteiger partial charge in [0.1, 0.15) is 18.5 Å². The number of carbonyl (C=O) groups is 2. The molecule has 0 unspecified atom stereocenters. The molecule has 0 atom stereocenters. The van der Waals surface area contributed by atoms with Crippen LogP contribution < -0.4 is 5.32 Å². The Bertz CT molecular complexity index is 1240. The Morgan fingerprint density at radius 1 is 0.935 bits per heavy atom. The lowest BCUT2D eigenvalue weighted by Crippen LogP contribution is -2.13. The van der Waals surface area contributed by atoms with Gasteiger partial charge in [0.15, 0.2) is 5.15 Å². The number of anilines is 1. The van der Waals surface area contributed by atoms with E-state index in [9.17, 15) is 9.59 Å². The zero-order chi connectivity index (χ0) is 23.0. The summed E-state index contributed by atoms with van der Waals surface area (Å²) in [6.45, 7) is 0. The minimum Gasteiger partial charge on any atom is -0.478 e. The minimum absolute atomic E-state index is 0.0657. The quantitative estimate of drug-likeness (QED) is 0.519. The highest BCUT2D eigenvalue weighted by atomic mass is 35.5. The van der Waals surface area contributed by atoms with E-state index in [2.05, 4.69) is 15.3 Å². The van der Waals surface area contributed by atoms with E-state index in [1.807, 2.05) is 6.07 Å². The first kappa shape index (κ1) is 23.6. The number of carboxylic acid groups (broad SMARTS) is 1. The summed E-state index contributed by atoms with van der Waals surface area (Å²) in [6, 6.07) is 12.1. The number of amides is 1. The molecule has 0 fully saturated rings. The third-order valence-corrected chi connectivity index (χ3v) is 4.55. The van der Waals surface area contributed by atoms with Gasteiger partial charge >= 0.3 is 5.97 Å². The van der Waals surface area contributed by atoms with Gasteiger partial charge in [0, 0.05) is 5.56 Å². The average Bonchev–Trinajstić information content (AvgIpc) is 2.76. The van der Waals surface area contributed by atoms with Crippen LogP contribution in [0.4, 0.5) is 5.69 Å². The fourth-order valence-electron chi connectivity index (χ4n) is 2.09. The van der Waals surface area contributed by atoms with Crippen molar-refractivity contribution < 1.29 is 14.7 Å². The van der Waals surface area contributed by atoms with Gasteiger partial charge in [-0.05, 0) is 36.4 Å². The maximum Gasteiger partial charge on any atom is 0.335 e. The van der Waals surface area contributed by atoms with Gasteiger partial charge in [-0.25, -0.2) is 14.8 Å². The van der Waals surface area contributed by atoms with Crippen LogP contribution in [0.1, 0.15) is 31.8 Å². The molecule has 1 heterocycles. The predicted molar refractivity (Wildman–Crippen MR) is 114 cm³/mol. The Kier molecular flexibility index (Phi) is 8.30. The third kappa shape index (κ3) is 6.39. The maximum absolute atomic E-state index is 12.0. The largest absolute Gasteiger partial charge is 0.478 e. The standard InChI is InChI=1S/C12H6Cl2N4O.C8H4ClNO2/c13-9-2-1-7(3-8(9)4-15)12(19)18-10-5-16-6-17-11(10)14;9-7-2-1-5(8(11)12)3-6(7)4-10/h1-3,5-6H,(H,18,19);1-3H,(H,11,12). The van der Waals surface area contributed by atoms with E-state index in [0.717, 1.165) is 0 Å². The van der Waals surface area contributed by atoms with Gasteiger partial charge < -0.3 is 10.4 Å². The molecule has 3 rings (SSSR count). The van der Waals surface area contributed by atoms with Crippen LogP contribution in [0.5, 0.6) is 0 Å². The Morgan fingerprint density at radius 2 is 1.48 bits per heavy atom. The first-order chi connectivity index (χ1) is 14.8. The van der Waals surface area contributed by atoms with Gasteiger partial charge in [-0.1, -0.05) is 34.8 Å². The smallest absolute Gasteiger partial charge is 0.335 e. The number of nitrogens with one attached hydrogen (secondary N) is 1. The SMILES string of the molecule is N#Cc1cc(C(=O)Nc2cncnc2Cl)ccc1Cl.N#Cc1cc(C(=O)O)ccc1Cl. The van der Waals surface area contributed by atoms with E-state index in [-0.39, 0.29) is 26.9 Å². The third-order valence-electron chi connectivity index (χ3n) is 3.59. The molecule has 0 aliphatic heterocycles. The first-order valence-electron chi connectivity index (χ1n) is 8.16. The van der Waals surface area contributed by atoms with Crippen molar-refractivity contribution >= 4 is 52.4 Å². The van der Waals surface area contributed by atoms with Gasteiger partial charge in [0.05, 0.1) is 38.6 Å². The molecule has 2 aromatic carbocycles. The van der Waals surface area contributed by atoms with Crippen molar-refractivity contribution in [3.63, 3.8) is 0 Å². The molecule has 1 aromatic heterocycles. The lowest BCUT2D eigenvalue weighted by molar-refractivity contribution is 0.0696. The summed E-state index contributed by atoms with van der Waals surface area (Å²) in [6.07, 6.45) is 2.66. The first-order valence-corrected chi connectivity index (χ1v) is 9.29. The molecular weight excluding hydrogens is 465 g/mol. The zero-order valence-electron chi connectivity index (χ0n) is 15.3. The molecule has 0 spiro atoms. The highest BCUT2D eigenvalue weighted by Crippen LogP contribution is 2.20. The Balaban J connectivity index is 0.000000245. The molecule has 154 valence electrons. The maximum atomic E-state index is 12.0. The van der Waals surface area contributed by atoms with Crippen LogP contribution in [0.25, 0.3) is 0 Å². The van der Waals surface area contributed by atoms with Gasteiger partial charge in [-0.3, -0.25) is 4.79 Å². The minimum atomic E-state index is -1.07. The fraction of sp³-hybridized carbons (Fsp3) is 0. The number of benzene rings is 2. The highest BCUT2D eigenvalue weighted by Gasteiger charge is 2.11. The number of aromatic nitrogens is 2. The van der Waals surface area contributed by atoms with Gasteiger partial charge in [-0.15, -0.1) is 0 Å². The molecule has 8 nitrogen and oxygen atoms in total. The Hall–Kier alpha value is -3.69. The second kappa shape index (κ2) is 10.9. The zero-order valence-corrected chi connectivity index (χ0v) is 17.6. The van der Waals surface area contributed by atoms with Crippen molar-refractivity contribution in [3.05, 3.63) is 86.4 Å². The van der Waals surface area contributed by atoms with Crippen molar-refractivity contribution in [1.29, 1.82) is 10.5 Å². The number of hydrogen-bond acceptors (Lipinski definition) is 6. The number of hydrogen-bond donors (Lipinski definition) is 2. The van der Waals surface area contributed by atoms with E-state index >= 15 is 0 Å². The summed E-state index contributed by atoms with van der Waals surface area (Å²) in [5.74, 6) is -1.49. The monoisotopic (exact) mass is 473 g/mol. The number of rotatable bonds is 3. The van der Waals surface area contributed by atoms with Crippen molar-refractivity contribution in [2.24, 2.45) is 0 Å².